The number of fused-ring (bicyclic) bond motifs is 2. The molecule has 6 rings (SSSR count). The van der Waals surface area contributed by atoms with E-state index < -0.39 is 15.1 Å². The van der Waals surface area contributed by atoms with Gasteiger partial charge < -0.3 is 0 Å². The van der Waals surface area contributed by atoms with Crippen LogP contribution in [-0.2, 0) is 23.2 Å². The average molecular weight is 608 g/mol. The number of aromatic nitrogens is 6. The number of benzene rings is 1. The van der Waals surface area contributed by atoms with Crippen molar-refractivity contribution in [2.24, 2.45) is 12.5 Å². The van der Waals surface area contributed by atoms with E-state index in [9.17, 15) is 13.4 Å². The van der Waals surface area contributed by atoms with Gasteiger partial charge in [0.05, 0.1) is 38.9 Å². The second-order valence-corrected chi connectivity index (χ2v) is 13.8. The Kier molecular flexibility index (Phi) is 7.15. The molecule has 0 amide bonds. The van der Waals surface area contributed by atoms with Crippen molar-refractivity contribution in [1.29, 1.82) is 0 Å². The van der Waals surface area contributed by atoms with Crippen LogP contribution in [0.2, 0.25) is 5.02 Å². The predicted molar refractivity (Wildman–Crippen MR) is 160 cm³/mol. The van der Waals surface area contributed by atoms with E-state index in [1.165, 1.54) is 29.3 Å². The van der Waals surface area contributed by atoms with Gasteiger partial charge in [0.2, 0.25) is 0 Å². The largest absolute Gasteiger partial charge is 0.291 e. The van der Waals surface area contributed by atoms with Crippen molar-refractivity contribution in [3.05, 3.63) is 88.4 Å². The number of carbonyl (C=O) groups is 1. The van der Waals surface area contributed by atoms with Crippen LogP contribution in [0.1, 0.15) is 54.9 Å². The smallest absolute Gasteiger partial charge is 0.191 e. The lowest BCUT2D eigenvalue weighted by molar-refractivity contribution is 0.0726. The van der Waals surface area contributed by atoms with Crippen molar-refractivity contribution in [1.82, 2.24) is 34.1 Å². The normalized spacial score (nSPS) is 21.5. The van der Waals surface area contributed by atoms with Crippen LogP contribution in [0.25, 0.3) is 11.8 Å². The molecule has 0 aliphatic heterocycles. The molecule has 2 aliphatic rings. The number of hydrogen-bond donors (Lipinski definition) is 0. The Morgan fingerprint density at radius 2 is 1.98 bits per heavy atom. The summed E-state index contributed by atoms with van der Waals surface area (Å²) in [5.74, 6) is 3.67. The summed E-state index contributed by atoms with van der Waals surface area (Å²) in [6.07, 6.45) is 8.86. The quantitative estimate of drug-likeness (QED) is 0.218. The minimum atomic E-state index is -3.01. The Bertz CT molecular complexity index is 1810. The highest BCUT2D eigenvalue weighted by Gasteiger charge is 2.51. The van der Waals surface area contributed by atoms with Gasteiger partial charge in [0.1, 0.15) is 11.5 Å². The Labute approximate surface area is 249 Å². The zero-order chi connectivity index (χ0) is 29.8. The minimum absolute atomic E-state index is 0.139. The number of carbonyl (C=O) groups excluding carboxylic acids is 1. The second kappa shape index (κ2) is 10.6. The maximum absolute atomic E-state index is 14.5. The van der Waals surface area contributed by atoms with Gasteiger partial charge in [-0.2, -0.15) is 15.0 Å². The predicted octanol–water partition coefficient (Wildman–Crippen LogP) is 4.95. The summed E-state index contributed by atoms with van der Waals surface area (Å²) < 4.78 is 31.6. The lowest BCUT2D eigenvalue weighted by Crippen LogP contribution is -2.52. The molecule has 1 unspecified atom stereocenters. The van der Waals surface area contributed by atoms with E-state index in [1.54, 1.807) is 42.2 Å². The van der Waals surface area contributed by atoms with Crippen LogP contribution >= 0.6 is 11.6 Å². The van der Waals surface area contributed by atoms with Crippen LogP contribution in [0.15, 0.2) is 65.6 Å². The number of nitrogens with zero attached hydrogens (tertiary/aromatic N) is 7. The van der Waals surface area contributed by atoms with E-state index >= 15 is 0 Å². The molecule has 2 aliphatic carbocycles. The molecule has 3 aromatic heterocycles. The molecule has 1 saturated carbocycles. The summed E-state index contributed by atoms with van der Waals surface area (Å²) >= 11 is 6.30. The van der Waals surface area contributed by atoms with Gasteiger partial charge in [-0.1, -0.05) is 17.2 Å². The van der Waals surface area contributed by atoms with Gasteiger partial charge in [0.15, 0.2) is 10.8 Å². The summed E-state index contributed by atoms with van der Waals surface area (Å²) in [4.78, 5) is 20.3. The highest BCUT2D eigenvalue weighted by atomic mass is 35.5. The summed E-state index contributed by atoms with van der Waals surface area (Å²) in [6, 6.07) is 9.00. The Morgan fingerprint density at radius 3 is 2.64 bits per heavy atom. The maximum Gasteiger partial charge on any atom is 0.191 e. The molecule has 3 heterocycles. The van der Waals surface area contributed by atoms with Crippen molar-refractivity contribution in [3.63, 3.8) is 0 Å². The summed E-state index contributed by atoms with van der Waals surface area (Å²) in [6.45, 7) is 3.95. The Balaban J connectivity index is 1.46. The number of allylic oxidation sites excluding steroid dienone is 1. The summed E-state index contributed by atoms with van der Waals surface area (Å²) in [7, 11) is -1.34. The van der Waals surface area contributed by atoms with Gasteiger partial charge in [-0.05, 0) is 93.4 Å². The molecule has 42 heavy (non-hydrogen) atoms. The third kappa shape index (κ3) is 4.79. The minimum Gasteiger partial charge on any atom is -0.291 e. The van der Waals surface area contributed by atoms with Crippen molar-refractivity contribution >= 4 is 39.0 Å². The Morgan fingerprint density at radius 1 is 1.21 bits per heavy atom. The van der Waals surface area contributed by atoms with Crippen molar-refractivity contribution < 1.29 is 13.4 Å². The van der Waals surface area contributed by atoms with Gasteiger partial charge in [0, 0.05) is 30.4 Å². The first kappa shape index (κ1) is 28.4. The molecule has 0 radical (unpaired) electrons. The molecule has 0 spiro atoms. The third-order valence-electron chi connectivity index (χ3n) is 8.21. The third-order valence-corrected chi connectivity index (χ3v) is 10.7. The van der Waals surface area contributed by atoms with Crippen LogP contribution in [-0.4, -0.2) is 62.0 Å². The first-order chi connectivity index (χ1) is 20.0. The molecule has 3 atom stereocenters. The van der Waals surface area contributed by atoms with Crippen molar-refractivity contribution in [3.8, 4) is 5.69 Å². The monoisotopic (exact) mass is 607 g/mol. The molecule has 0 saturated heterocycles. The molecule has 12 heteroatoms. The summed E-state index contributed by atoms with van der Waals surface area (Å²) in [5, 5.41) is 13.8. The fourth-order valence-electron chi connectivity index (χ4n) is 6.45. The van der Waals surface area contributed by atoms with Gasteiger partial charge in [-0.25, -0.2) is 17.6 Å². The van der Waals surface area contributed by atoms with Crippen LogP contribution in [0.4, 0.5) is 4.39 Å². The first-order valence-corrected chi connectivity index (χ1v) is 15.8. The SMILES string of the molecule is C=S(=O)(c1cnn(C)n1)N(C(C)C)[C@H]1CCC2=Cc3c(cnn3-c3ccc(F)cc3)C[C@]2(C(=O)c2cc(Cl)ccn2)C1. The van der Waals surface area contributed by atoms with Crippen LogP contribution in [0, 0.1) is 11.2 Å². The molecule has 9 nitrogen and oxygen atoms in total. The maximum atomic E-state index is 14.5. The standard InChI is InChI=1S/C30H31ClFN7O2S/c1-19(2)39(42(4,41)28-18-34-37(3)36-28)25-8-5-21-13-27-20(17-35-38(27)24-9-6-23(32)7-10-24)15-30(21,16-25)29(40)26-14-22(31)11-12-33-26/h6-7,9-14,17-19,25H,4-5,8,15-16H2,1-3H3/t25-,30-,42?/m0/s1. The summed E-state index contributed by atoms with van der Waals surface area (Å²) in [5.41, 5.74) is 2.75. The average Bonchev–Trinajstić information content (AvgIpc) is 3.57. The number of rotatable bonds is 7. The number of ketones is 1. The fraction of sp³-hybridized carbons (Fsp3) is 0.333. The molecular weight excluding hydrogens is 577 g/mol. The van der Waals surface area contributed by atoms with E-state index in [1.807, 2.05) is 24.2 Å². The molecule has 1 fully saturated rings. The van der Waals surface area contributed by atoms with Gasteiger partial charge in [-0.3, -0.25) is 9.78 Å². The van der Waals surface area contributed by atoms with Crippen LogP contribution in [0.5, 0.6) is 0 Å². The molecule has 1 aromatic carbocycles. The van der Waals surface area contributed by atoms with Crippen molar-refractivity contribution in [2.75, 3.05) is 0 Å². The van der Waals surface area contributed by atoms with E-state index in [-0.39, 0.29) is 29.4 Å². The van der Waals surface area contributed by atoms with Crippen LogP contribution < -0.4 is 0 Å². The fourth-order valence-corrected chi connectivity index (χ4v) is 8.62. The molecule has 218 valence electrons. The topological polar surface area (TPSA) is 98.8 Å². The highest BCUT2D eigenvalue weighted by Crippen LogP contribution is 2.51. The second-order valence-electron chi connectivity index (χ2n) is 11.2. The molecule has 0 bridgehead atoms. The van der Waals surface area contributed by atoms with Gasteiger partial charge in [-0.15, -0.1) is 5.10 Å². The number of pyridine rings is 1. The lowest BCUT2D eigenvalue weighted by Gasteiger charge is -2.48. The first-order valence-electron chi connectivity index (χ1n) is 13.7. The molecular formula is C30H31ClFN7O2S. The molecule has 0 N–H and O–H groups in total. The zero-order valence-electron chi connectivity index (χ0n) is 23.6. The molecule has 4 aromatic rings. The number of Topliss-reactive ketones (excluding diaryl/α,β-unsaturated/α-hetero) is 1. The highest BCUT2D eigenvalue weighted by molar-refractivity contribution is 7.98. The van der Waals surface area contributed by atoms with Crippen molar-refractivity contribution in [2.45, 2.75) is 56.6 Å². The van der Waals surface area contributed by atoms with E-state index in [0.29, 0.717) is 35.7 Å². The lowest BCUT2D eigenvalue weighted by atomic mass is 9.60. The van der Waals surface area contributed by atoms with E-state index in [2.05, 4.69) is 26.2 Å². The van der Waals surface area contributed by atoms with Crippen LogP contribution in [0.3, 0.4) is 0 Å². The number of halogens is 2. The van der Waals surface area contributed by atoms with E-state index in [0.717, 1.165) is 22.5 Å². The zero-order valence-corrected chi connectivity index (χ0v) is 25.1. The van der Waals surface area contributed by atoms with Gasteiger partial charge in [0.25, 0.3) is 0 Å². The Hall–Kier alpha value is -3.67. The van der Waals surface area contributed by atoms with E-state index in [4.69, 9.17) is 11.6 Å². The number of hydrogen-bond acceptors (Lipinski definition) is 6. The number of aryl methyl sites for hydroxylation is 1. The van der Waals surface area contributed by atoms with Gasteiger partial charge >= 0.3 is 0 Å².